The molecule has 5 nitrogen and oxygen atoms in total. The highest BCUT2D eigenvalue weighted by molar-refractivity contribution is 8.03. The van der Waals surface area contributed by atoms with Gasteiger partial charge in [0.2, 0.25) is 11.9 Å². The summed E-state index contributed by atoms with van der Waals surface area (Å²) in [6, 6.07) is 3.51. The lowest BCUT2D eigenvalue weighted by molar-refractivity contribution is -0.135. The molecule has 25 heavy (non-hydrogen) atoms. The number of hydrogen-bond acceptors (Lipinski definition) is 4. The Morgan fingerprint density at radius 1 is 1.48 bits per heavy atom. The Morgan fingerprint density at radius 3 is 2.92 bits per heavy atom. The van der Waals surface area contributed by atoms with Crippen molar-refractivity contribution in [1.82, 2.24) is 15.2 Å². The molecule has 3 atom stereocenters. The van der Waals surface area contributed by atoms with Crippen molar-refractivity contribution < 1.29 is 9.18 Å². The average molecular weight is 360 g/mol. The van der Waals surface area contributed by atoms with E-state index in [4.69, 9.17) is 5.41 Å². The van der Waals surface area contributed by atoms with Gasteiger partial charge in [-0.3, -0.25) is 15.1 Å². The third-order valence-corrected chi connectivity index (χ3v) is 6.89. The second kappa shape index (κ2) is 5.83. The summed E-state index contributed by atoms with van der Waals surface area (Å²) in [4.78, 5) is 19.0. The van der Waals surface area contributed by atoms with Crippen LogP contribution in [0.3, 0.4) is 0 Å². The monoisotopic (exact) mass is 360 g/mol. The van der Waals surface area contributed by atoms with Crippen LogP contribution >= 0.6 is 11.8 Å². The molecule has 2 aliphatic heterocycles. The maximum atomic E-state index is 14.0. The SMILES string of the molecule is CN1C(=N)N[C@](C)(C2=CC(c3cccnc3F)CS2)[C@@H](C2CC2)C1=O. The molecule has 1 aliphatic carbocycles. The second-order valence-corrected chi connectivity index (χ2v) is 8.28. The van der Waals surface area contributed by atoms with Crippen LogP contribution in [0.5, 0.6) is 0 Å². The maximum absolute atomic E-state index is 14.0. The summed E-state index contributed by atoms with van der Waals surface area (Å²) in [6.07, 6.45) is 5.61. The van der Waals surface area contributed by atoms with Crippen LogP contribution in [0.1, 0.15) is 31.2 Å². The van der Waals surface area contributed by atoms with E-state index in [-0.39, 0.29) is 23.7 Å². The van der Waals surface area contributed by atoms with E-state index in [2.05, 4.69) is 16.4 Å². The molecule has 1 amide bonds. The lowest BCUT2D eigenvalue weighted by atomic mass is 9.78. The zero-order valence-electron chi connectivity index (χ0n) is 14.3. The van der Waals surface area contributed by atoms with Crippen molar-refractivity contribution in [2.75, 3.05) is 12.8 Å². The highest BCUT2D eigenvalue weighted by Gasteiger charge is 2.55. The van der Waals surface area contributed by atoms with Gasteiger partial charge in [-0.05, 0) is 31.7 Å². The number of halogens is 1. The first kappa shape index (κ1) is 16.6. The van der Waals surface area contributed by atoms with E-state index >= 15 is 0 Å². The minimum absolute atomic E-state index is 0.00579. The van der Waals surface area contributed by atoms with Crippen LogP contribution in [0.25, 0.3) is 0 Å². The number of carbonyl (C=O) groups excluding carboxylic acids is 1. The summed E-state index contributed by atoms with van der Waals surface area (Å²) in [5, 5.41) is 11.4. The summed E-state index contributed by atoms with van der Waals surface area (Å²) < 4.78 is 14.0. The van der Waals surface area contributed by atoms with Crippen LogP contribution in [0.2, 0.25) is 0 Å². The number of aromatic nitrogens is 1. The Kier molecular flexibility index (Phi) is 3.86. The number of carbonyl (C=O) groups is 1. The van der Waals surface area contributed by atoms with Crippen molar-refractivity contribution in [2.24, 2.45) is 11.8 Å². The van der Waals surface area contributed by atoms with Crippen LogP contribution in [0, 0.1) is 23.2 Å². The predicted octanol–water partition coefficient (Wildman–Crippen LogP) is 2.72. The lowest BCUT2D eigenvalue weighted by Crippen LogP contribution is -2.66. The van der Waals surface area contributed by atoms with Gasteiger partial charge in [-0.1, -0.05) is 12.1 Å². The van der Waals surface area contributed by atoms with Crippen LogP contribution in [0.4, 0.5) is 4.39 Å². The standard InChI is InChI=1S/C18H21FN4OS/c1-18(14(10-5-6-10)16(24)23(2)17(20)22-18)13-8-11(9-25-13)12-4-3-7-21-15(12)19/h3-4,7-8,10-11,14H,5-6,9H2,1-2H3,(H2,20,22)/t11?,14-,18+/m0/s1. The number of thioether (sulfide) groups is 1. The normalized spacial score (nSPS) is 32.6. The van der Waals surface area contributed by atoms with E-state index in [0.29, 0.717) is 11.5 Å². The number of nitrogens with zero attached hydrogens (tertiary/aromatic N) is 2. The molecule has 1 saturated carbocycles. The average Bonchev–Trinajstić information content (AvgIpc) is 3.27. The first-order valence-corrected chi connectivity index (χ1v) is 9.50. The summed E-state index contributed by atoms with van der Waals surface area (Å²) in [6.45, 7) is 2.01. The fraction of sp³-hybridized carbons (Fsp3) is 0.500. The molecule has 3 aliphatic rings. The fourth-order valence-corrected chi connectivity index (χ4v) is 5.30. The van der Waals surface area contributed by atoms with Gasteiger partial charge in [0.05, 0.1) is 11.5 Å². The van der Waals surface area contributed by atoms with Crippen molar-refractivity contribution in [3.05, 3.63) is 40.8 Å². The number of allylic oxidation sites excluding steroid dienone is 1. The zero-order chi connectivity index (χ0) is 17.8. The molecule has 1 unspecified atom stereocenters. The Morgan fingerprint density at radius 2 is 2.24 bits per heavy atom. The highest BCUT2D eigenvalue weighted by Crippen LogP contribution is 2.51. The van der Waals surface area contributed by atoms with Gasteiger partial charge in [0.25, 0.3) is 0 Å². The molecule has 3 heterocycles. The van der Waals surface area contributed by atoms with Gasteiger partial charge in [-0.15, -0.1) is 11.8 Å². The van der Waals surface area contributed by atoms with E-state index < -0.39 is 11.5 Å². The van der Waals surface area contributed by atoms with Crippen molar-refractivity contribution in [2.45, 2.75) is 31.2 Å². The molecule has 0 radical (unpaired) electrons. The minimum atomic E-state index is -0.597. The van der Waals surface area contributed by atoms with Gasteiger partial charge < -0.3 is 5.32 Å². The van der Waals surface area contributed by atoms with E-state index in [9.17, 15) is 9.18 Å². The molecule has 2 fully saturated rings. The number of amides is 1. The molecular formula is C18H21FN4OS. The summed E-state index contributed by atoms with van der Waals surface area (Å²) in [7, 11) is 1.65. The summed E-state index contributed by atoms with van der Waals surface area (Å²) in [5.41, 5.74) is -0.00848. The van der Waals surface area contributed by atoms with Gasteiger partial charge in [0.15, 0.2) is 5.96 Å². The highest BCUT2D eigenvalue weighted by atomic mass is 32.2. The van der Waals surface area contributed by atoms with Gasteiger partial charge in [-0.25, -0.2) is 4.98 Å². The molecule has 7 heteroatoms. The zero-order valence-corrected chi connectivity index (χ0v) is 15.1. The Balaban J connectivity index is 1.69. The molecular weight excluding hydrogens is 339 g/mol. The Hall–Kier alpha value is -1.89. The van der Waals surface area contributed by atoms with Crippen molar-refractivity contribution in [1.29, 1.82) is 5.41 Å². The molecule has 0 bridgehead atoms. The number of rotatable bonds is 3. The topological polar surface area (TPSA) is 69.1 Å². The molecule has 1 aromatic rings. The van der Waals surface area contributed by atoms with E-state index in [1.165, 1.54) is 11.1 Å². The number of pyridine rings is 1. The number of hydrogen-bond donors (Lipinski definition) is 2. The molecule has 132 valence electrons. The van der Waals surface area contributed by atoms with Crippen molar-refractivity contribution >= 4 is 23.6 Å². The third kappa shape index (κ3) is 2.65. The first-order chi connectivity index (χ1) is 11.9. The van der Waals surface area contributed by atoms with Crippen molar-refractivity contribution in [3.63, 3.8) is 0 Å². The van der Waals surface area contributed by atoms with Crippen LogP contribution in [0.15, 0.2) is 29.3 Å². The van der Waals surface area contributed by atoms with Gasteiger partial charge in [0, 0.05) is 35.4 Å². The van der Waals surface area contributed by atoms with Crippen molar-refractivity contribution in [3.8, 4) is 0 Å². The van der Waals surface area contributed by atoms with Gasteiger partial charge in [0.1, 0.15) is 0 Å². The smallest absolute Gasteiger partial charge is 0.235 e. The molecule has 1 aromatic heterocycles. The molecule has 1 saturated heterocycles. The molecule has 0 aromatic carbocycles. The molecule has 2 N–H and O–H groups in total. The Labute approximate surface area is 150 Å². The summed E-state index contributed by atoms with van der Waals surface area (Å²) >= 11 is 1.65. The largest absolute Gasteiger partial charge is 0.345 e. The van der Waals surface area contributed by atoms with Gasteiger partial charge >= 0.3 is 0 Å². The van der Waals surface area contributed by atoms with E-state index in [1.807, 2.05) is 6.92 Å². The molecule has 4 rings (SSSR count). The first-order valence-electron chi connectivity index (χ1n) is 8.51. The quantitative estimate of drug-likeness (QED) is 0.813. The lowest BCUT2D eigenvalue weighted by Gasteiger charge is -2.46. The van der Waals surface area contributed by atoms with Crippen LogP contribution in [-0.2, 0) is 4.79 Å². The fourth-order valence-electron chi connectivity index (χ4n) is 3.93. The predicted molar refractivity (Wildman–Crippen MR) is 95.7 cm³/mol. The van der Waals surface area contributed by atoms with E-state index in [1.54, 1.807) is 30.9 Å². The van der Waals surface area contributed by atoms with Gasteiger partial charge in [-0.2, -0.15) is 4.39 Å². The molecule has 0 spiro atoms. The van der Waals surface area contributed by atoms with Crippen LogP contribution < -0.4 is 5.32 Å². The minimum Gasteiger partial charge on any atom is -0.345 e. The maximum Gasteiger partial charge on any atom is 0.235 e. The van der Waals surface area contributed by atoms with E-state index in [0.717, 1.165) is 23.5 Å². The number of guanidine groups is 1. The Bertz CT molecular complexity index is 778. The second-order valence-electron chi connectivity index (χ2n) is 7.22. The van der Waals surface area contributed by atoms with Crippen LogP contribution in [-0.4, -0.2) is 40.1 Å². The third-order valence-electron chi connectivity index (χ3n) is 5.50. The number of nitrogens with one attached hydrogen (secondary N) is 2. The summed E-state index contributed by atoms with van der Waals surface area (Å²) in [5.74, 6) is 0.544.